The van der Waals surface area contributed by atoms with Gasteiger partial charge in [0.2, 0.25) is 0 Å². The number of aryl methyl sites for hydroxylation is 1. The molecule has 0 radical (unpaired) electrons. The molecule has 0 heterocycles. The van der Waals surface area contributed by atoms with Crippen LogP contribution in [0.3, 0.4) is 0 Å². The van der Waals surface area contributed by atoms with E-state index in [2.05, 4.69) is 18.8 Å². The van der Waals surface area contributed by atoms with Crippen LogP contribution in [0.15, 0.2) is 54.6 Å². The molecule has 0 fully saturated rings. The van der Waals surface area contributed by atoms with E-state index >= 15 is 0 Å². The van der Waals surface area contributed by atoms with Gasteiger partial charge in [-0.3, -0.25) is 0 Å². The first-order chi connectivity index (χ1) is 17.8. The average molecular weight is 511 g/mol. The minimum absolute atomic E-state index is 0.00176. The van der Waals surface area contributed by atoms with Gasteiger partial charge in [-0.05, 0) is 65.8 Å². The van der Waals surface area contributed by atoms with Crippen LogP contribution in [-0.4, -0.2) is 0 Å². The van der Waals surface area contributed by atoms with Crippen molar-refractivity contribution in [3.05, 3.63) is 106 Å². The van der Waals surface area contributed by atoms with Crippen LogP contribution in [0.4, 0.5) is 26.3 Å². The molecule has 0 aliphatic carbocycles. The second-order valence-electron chi connectivity index (χ2n) is 8.97. The van der Waals surface area contributed by atoms with E-state index < -0.39 is 40.5 Å². The quantitative estimate of drug-likeness (QED) is 0.101. The second kappa shape index (κ2) is 11.6. The molecule has 0 atom stereocenters. The van der Waals surface area contributed by atoms with Crippen molar-refractivity contribution in [3.8, 4) is 23.0 Å². The lowest BCUT2D eigenvalue weighted by molar-refractivity contribution is 0.453. The predicted molar refractivity (Wildman–Crippen MR) is 134 cm³/mol. The van der Waals surface area contributed by atoms with E-state index in [1.165, 1.54) is 24.6 Å². The lowest BCUT2D eigenvalue weighted by Crippen LogP contribution is -1.95. The van der Waals surface area contributed by atoms with Gasteiger partial charge >= 0.3 is 0 Å². The van der Waals surface area contributed by atoms with Gasteiger partial charge < -0.3 is 0 Å². The third kappa shape index (κ3) is 5.99. The van der Waals surface area contributed by atoms with Crippen molar-refractivity contribution in [1.82, 2.24) is 0 Å². The summed E-state index contributed by atoms with van der Waals surface area (Å²) in [4.78, 5) is 0. The monoisotopic (exact) mass is 510 g/mol. The highest BCUT2D eigenvalue weighted by Crippen LogP contribution is 2.32. The zero-order valence-corrected chi connectivity index (χ0v) is 20.2. The van der Waals surface area contributed by atoms with Gasteiger partial charge in [-0.2, -0.15) is 0 Å². The molecule has 0 aliphatic rings. The maximum Gasteiger partial charge on any atom is 0.195 e. The molecule has 0 aromatic heterocycles. The van der Waals surface area contributed by atoms with Crippen LogP contribution in [0.25, 0.3) is 21.9 Å². The van der Waals surface area contributed by atoms with Gasteiger partial charge in [-0.25, -0.2) is 26.3 Å². The number of benzene rings is 4. The number of hydrogen-bond acceptors (Lipinski definition) is 0. The normalized spacial score (nSPS) is 11.0. The summed E-state index contributed by atoms with van der Waals surface area (Å²) in [7, 11) is 0. The maximum atomic E-state index is 14.9. The molecule has 0 spiro atoms. The highest BCUT2D eigenvalue weighted by molar-refractivity contribution is 5.88. The molecule has 0 aliphatic heterocycles. The Balaban J connectivity index is 1.56. The zero-order chi connectivity index (χ0) is 26.5. The van der Waals surface area contributed by atoms with Crippen molar-refractivity contribution in [2.24, 2.45) is 0 Å². The van der Waals surface area contributed by atoms with Crippen LogP contribution in [0.1, 0.15) is 55.7 Å². The third-order valence-corrected chi connectivity index (χ3v) is 6.25. The van der Waals surface area contributed by atoms with Crippen LogP contribution in [0.2, 0.25) is 0 Å². The minimum Gasteiger partial charge on any atom is -0.206 e. The standard InChI is InChI=1S/C31H24F6/c1-2-3-4-5-6-7-19-8-10-21(25(32)14-19)11-9-20-15-26(33)29(27(34)16-20)22-12-13-24-23(17-22)18-28(35)31(37)30(24)36/h8,10,12-18H,2-7H2,1H3. The second-order valence-corrected chi connectivity index (χ2v) is 8.97. The average Bonchev–Trinajstić information content (AvgIpc) is 2.86. The van der Waals surface area contributed by atoms with Gasteiger partial charge in [0.25, 0.3) is 0 Å². The fourth-order valence-electron chi connectivity index (χ4n) is 4.27. The summed E-state index contributed by atoms with van der Waals surface area (Å²) in [5, 5.41) is -0.257. The smallest absolute Gasteiger partial charge is 0.195 e. The molecule has 0 saturated heterocycles. The molecule has 0 amide bonds. The van der Waals surface area contributed by atoms with E-state index in [9.17, 15) is 26.3 Å². The number of hydrogen-bond donors (Lipinski definition) is 0. The summed E-state index contributed by atoms with van der Waals surface area (Å²) < 4.78 is 85.3. The molecule has 0 saturated carbocycles. The lowest BCUT2D eigenvalue weighted by Gasteiger charge is -2.09. The topological polar surface area (TPSA) is 0 Å². The molecular weight excluding hydrogens is 486 g/mol. The number of rotatable bonds is 7. The molecule has 4 aromatic carbocycles. The Labute approximate surface area is 212 Å². The molecule has 0 bridgehead atoms. The molecule has 6 heteroatoms. The van der Waals surface area contributed by atoms with Crippen molar-refractivity contribution in [1.29, 1.82) is 0 Å². The largest absolute Gasteiger partial charge is 0.206 e. The van der Waals surface area contributed by atoms with Gasteiger partial charge in [0.1, 0.15) is 17.5 Å². The molecule has 0 unspecified atom stereocenters. The zero-order valence-electron chi connectivity index (χ0n) is 20.2. The van der Waals surface area contributed by atoms with Crippen LogP contribution in [0.5, 0.6) is 0 Å². The summed E-state index contributed by atoms with van der Waals surface area (Å²) in [6.07, 6.45) is 6.35. The van der Waals surface area contributed by atoms with Crippen molar-refractivity contribution in [3.63, 3.8) is 0 Å². The first kappa shape index (κ1) is 26.3. The van der Waals surface area contributed by atoms with E-state index in [-0.39, 0.29) is 27.5 Å². The van der Waals surface area contributed by atoms with Gasteiger partial charge in [-0.15, -0.1) is 0 Å². The van der Waals surface area contributed by atoms with Gasteiger partial charge in [0, 0.05) is 10.9 Å². The van der Waals surface area contributed by atoms with E-state index in [0.29, 0.717) is 0 Å². The predicted octanol–water partition coefficient (Wildman–Crippen LogP) is 9.25. The summed E-state index contributed by atoms with van der Waals surface area (Å²) >= 11 is 0. The van der Waals surface area contributed by atoms with Crippen molar-refractivity contribution in [2.45, 2.75) is 45.4 Å². The lowest BCUT2D eigenvalue weighted by atomic mass is 9.98. The maximum absolute atomic E-state index is 14.9. The van der Waals surface area contributed by atoms with Crippen LogP contribution in [0, 0.1) is 46.7 Å². The minimum atomic E-state index is -1.62. The number of unbranched alkanes of at least 4 members (excludes halogenated alkanes) is 4. The molecule has 0 N–H and O–H groups in total. The van der Waals surface area contributed by atoms with Crippen LogP contribution in [-0.2, 0) is 6.42 Å². The fourth-order valence-corrected chi connectivity index (χ4v) is 4.27. The first-order valence-corrected chi connectivity index (χ1v) is 12.2. The van der Waals surface area contributed by atoms with Crippen molar-refractivity contribution >= 4 is 10.8 Å². The number of fused-ring (bicyclic) bond motifs is 1. The molecule has 190 valence electrons. The fraction of sp³-hybridized carbons (Fsp3) is 0.226. The summed E-state index contributed by atoms with van der Waals surface area (Å²) in [5.74, 6) is -1.59. The molecule has 4 aromatic rings. The number of halogens is 6. The third-order valence-electron chi connectivity index (χ3n) is 6.25. The molecular formula is C31H24F6. The van der Waals surface area contributed by atoms with Gasteiger partial charge in [0.05, 0.1) is 11.1 Å². The Bertz CT molecular complexity index is 1490. The highest BCUT2D eigenvalue weighted by Gasteiger charge is 2.17. The highest BCUT2D eigenvalue weighted by atomic mass is 19.2. The molecule has 0 nitrogen and oxygen atoms in total. The van der Waals surface area contributed by atoms with Gasteiger partial charge in [0.15, 0.2) is 17.5 Å². The Hall–Kier alpha value is -3.72. The Morgan fingerprint density at radius 2 is 1.35 bits per heavy atom. The molecule has 37 heavy (non-hydrogen) atoms. The van der Waals surface area contributed by atoms with E-state index in [1.54, 1.807) is 12.1 Å². The Morgan fingerprint density at radius 1 is 0.622 bits per heavy atom. The first-order valence-electron chi connectivity index (χ1n) is 12.2. The summed E-state index contributed by atoms with van der Waals surface area (Å²) in [6, 6.07) is 11.1. The van der Waals surface area contributed by atoms with E-state index in [0.717, 1.165) is 61.9 Å². The van der Waals surface area contributed by atoms with Gasteiger partial charge in [-0.1, -0.05) is 62.6 Å². The van der Waals surface area contributed by atoms with Crippen molar-refractivity contribution in [2.75, 3.05) is 0 Å². The summed E-state index contributed by atoms with van der Waals surface area (Å²) in [6.45, 7) is 2.15. The van der Waals surface area contributed by atoms with E-state index in [1.807, 2.05) is 0 Å². The summed E-state index contributed by atoms with van der Waals surface area (Å²) in [5.41, 5.74) is 0.582. The Morgan fingerprint density at radius 3 is 2.05 bits per heavy atom. The molecule has 4 rings (SSSR count). The van der Waals surface area contributed by atoms with Crippen LogP contribution < -0.4 is 0 Å². The Kier molecular flexibility index (Phi) is 8.23. The van der Waals surface area contributed by atoms with Crippen molar-refractivity contribution < 1.29 is 26.3 Å². The SMILES string of the molecule is CCCCCCCc1ccc(C#Cc2cc(F)c(-c3ccc4c(F)c(F)c(F)cc4c3)c(F)c2)c(F)c1. The van der Waals surface area contributed by atoms with Crippen LogP contribution >= 0.6 is 0 Å². The van der Waals surface area contributed by atoms with E-state index in [4.69, 9.17) is 0 Å².